The first-order valence-corrected chi connectivity index (χ1v) is 6.81. The minimum absolute atomic E-state index is 0.389. The van der Waals surface area contributed by atoms with Gasteiger partial charge in [0.25, 0.3) is 0 Å². The van der Waals surface area contributed by atoms with E-state index in [2.05, 4.69) is 9.71 Å². The second-order valence-electron chi connectivity index (χ2n) is 4.04. The van der Waals surface area contributed by atoms with Crippen LogP contribution in [0.1, 0.15) is 6.23 Å². The van der Waals surface area contributed by atoms with Gasteiger partial charge in [-0.2, -0.15) is 4.98 Å². The van der Waals surface area contributed by atoms with Crippen molar-refractivity contribution in [3.8, 4) is 0 Å². The Bertz CT molecular complexity index is 496. The first-order valence-electron chi connectivity index (χ1n) is 5.59. The molecule has 2 rings (SSSR count). The summed E-state index contributed by atoms with van der Waals surface area (Å²) in [4.78, 5) is 15.6. The Labute approximate surface area is 113 Å². The lowest BCUT2D eigenvalue weighted by Gasteiger charge is -2.17. The quantitative estimate of drug-likeness (QED) is 0.497. The molecule has 1 fully saturated rings. The lowest BCUT2D eigenvalue weighted by Crippen LogP contribution is -2.36. The predicted molar refractivity (Wildman–Crippen MR) is 68.6 cm³/mol. The van der Waals surface area contributed by atoms with E-state index in [1.807, 2.05) is 0 Å². The van der Waals surface area contributed by atoms with E-state index in [4.69, 9.17) is 9.84 Å². The zero-order valence-corrected chi connectivity index (χ0v) is 10.9. The number of hydrogen-bond donors (Lipinski definition) is 4. The van der Waals surface area contributed by atoms with E-state index < -0.39 is 36.8 Å². The van der Waals surface area contributed by atoms with Crippen LogP contribution in [0.3, 0.4) is 0 Å². The van der Waals surface area contributed by atoms with Crippen LogP contribution in [0, 0.1) is 0 Å². The monoisotopic (exact) mass is 289 g/mol. The van der Waals surface area contributed by atoms with Crippen LogP contribution < -0.4 is 10.4 Å². The molecule has 2 heterocycles. The van der Waals surface area contributed by atoms with Gasteiger partial charge in [0.05, 0.1) is 6.61 Å². The van der Waals surface area contributed by atoms with Crippen LogP contribution in [0.5, 0.6) is 0 Å². The highest BCUT2D eigenvalue weighted by atomic mass is 32.2. The highest BCUT2D eigenvalue weighted by Gasteiger charge is 2.43. The van der Waals surface area contributed by atoms with E-state index >= 15 is 0 Å². The fraction of sp³-hybridized carbons (Fsp3) is 0.600. The Hall–Kier alpha value is -1.13. The number of anilines is 1. The summed E-state index contributed by atoms with van der Waals surface area (Å²) in [6.45, 7) is -0.441. The second kappa shape index (κ2) is 5.88. The zero-order chi connectivity index (χ0) is 14.0. The Morgan fingerprint density at radius 3 is 2.79 bits per heavy atom. The molecule has 0 aromatic carbocycles. The summed E-state index contributed by atoms with van der Waals surface area (Å²) in [6, 6.07) is 1.55. The van der Waals surface area contributed by atoms with Crippen molar-refractivity contribution in [3.05, 3.63) is 22.7 Å². The van der Waals surface area contributed by atoms with Crippen molar-refractivity contribution >= 4 is 17.8 Å². The number of aliphatic hydroxyl groups is 3. The fourth-order valence-electron chi connectivity index (χ4n) is 1.88. The van der Waals surface area contributed by atoms with Gasteiger partial charge in [-0.05, 0) is 6.07 Å². The van der Waals surface area contributed by atoms with Crippen molar-refractivity contribution in [2.45, 2.75) is 24.5 Å². The van der Waals surface area contributed by atoms with Gasteiger partial charge in [0.15, 0.2) is 6.23 Å². The van der Waals surface area contributed by atoms with E-state index in [-0.39, 0.29) is 0 Å². The Kier molecular flexibility index (Phi) is 4.42. The van der Waals surface area contributed by atoms with Gasteiger partial charge >= 0.3 is 5.69 Å². The Morgan fingerprint density at radius 2 is 2.26 bits per heavy atom. The minimum atomic E-state index is -1.30. The predicted octanol–water partition coefficient (Wildman–Crippen LogP) is -1.46. The molecule has 1 aliphatic rings. The SMILES string of the molecule is CSNc1ccn([C@@H]2O[C@H](CO)C(O)C2O)c(=O)n1. The highest BCUT2D eigenvalue weighted by molar-refractivity contribution is 7.99. The van der Waals surface area contributed by atoms with E-state index in [9.17, 15) is 15.0 Å². The summed E-state index contributed by atoms with van der Waals surface area (Å²) in [5.41, 5.74) is -0.617. The van der Waals surface area contributed by atoms with Gasteiger partial charge < -0.3 is 24.8 Å². The van der Waals surface area contributed by atoms with Crippen LogP contribution in [-0.4, -0.2) is 56.0 Å². The molecule has 0 radical (unpaired) electrons. The van der Waals surface area contributed by atoms with Crippen LogP contribution in [0.15, 0.2) is 17.1 Å². The smallest absolute Gasteiger partial charge is 0.351 e. The molecule has 0 bridgehead atoms. The molecule has 106 valence electrons. The summed E-state index contributed by atoms with van der Waals surface area (Å²) in [5, 5.41) is 28.4. The third kappa shape index (κ3) is 2.74. The van der Waals surface area contributed by atoms with E-state index in [0.29, 0.717) is 5.82 Å². The van der Waals surface area contributed by atoms with Gasteiger partial charge in [0.1, 0.15) is 24.1 Å². The molecular formula is C10H15N3O5S. The molecule has 0 saturated carbocycles. The van der Waals surface area contributed by atoms with Crippen LogP contribution in [0.25, 0.3) is 0 Å². The maximum absolute atomic E-state index is 11.8. The molecule has 4 atom stereocenters. The molecule has 9 heteroatoms. The number of rotatable bonds is 4. The fourth-order valence-corrected chi connectivity index (χ4v) is 2.20. The lowest BCUT2D eigenvalue weighted by molar-refractivity contribution is -0.0549. The maximum Gasteiger partial charge on any atom is 0.351 e. The molecule has 8 nitrogen and oxygen atoms in total. The van der Waals surface area contributed by atoms with Gasteiger partial charge in [0, 0.05) is 12.5 Å². The molecule has 0 amide bonds. The van der Waals surface area contributed by atoms with Gasteiger partial charge in [-0.25, -0.2) is 4.79 Å². The van der Waals surface area contributed by atoms with E-state index in [0.717, 1.165) is 4.57 Å². The van der Waals surface area contributed by atoms with Crippen molar-refractivity contribution in [2.24, 2.45) is 0 Å². The summed E-state index contributed by atoms with van der Waals surface area (Å²) in [6.07, 6.45) is -1.32. The third-order valence-electron chi connectivity index (χ3n) is 2.83. The number of hydrogen-bond acceptors (Lipinski definition) is 8. The average molecular weight is 289 g/mol. The Balaban J connectivity index is 2.25. The van der Waals surface area contributed by atoms with E-state index in [1.165, 1.54) is 18.1 Å². The molecule has 0 spiro atoms. The van der Waals surface area contributed by atoms with Crippen molar-refractivity contribution < 1.29 is 20.1 Å². The van der Waals surface area contributed by atoms with Gasteiger partial charge in [0.2, 0.25) is 0 Å². The minimum Gasteiger partial charge on any atom is -0.394 e. The van der Waals surface area contributed by atoms with Crippen LogP contribution in [0.2, 0.25) is 0 Å². The van der Waals surface area contributed by atoms with Crippen molar-refractivity contribution in [2.75, 3.05) is 17.6 Å². The Morgan fingerprint density at radius 1 is 1.53 bits per heavy atom. The summed E-state index contributed by atoms with van der Waals surface area (Å²) >= 11 is 1.29. The molecular weight excluding hydrogens is 274 g/mol. The first-order chi connectivity index (χ1) is 9.08. The molecule has 0 aliphatic carbocycles. The normalized spacial score (nSPS) is 30.5. The lowest BCUT2D eigenvalue weighted by atomic mass is 10.1. The van der Waals surface area contributed by atoms with Crippen LogP contribution in [0.4, 0.5) is 5.82 Å². The van der Waals surface area contributed by atoms with E-state index in [1.54, 1.807) is 12.3 Å². The second-order valence-corrected chi connectivity index (χ2v) is 4.65. The molecule has 1 aliphatic heterocycles. The van der Waals surface area contributed by atoms with Gasteiger partial charge in [-0.3, -0.25) is 4.57 Å². The molecule has 1 aromatic rings. The van der Waals surface area contributed by atoms with Crippen molar-refractivity contribution in [1.82, 2.24) is 9.55 Å². The molecule has 4 N–H and O–H groups in total. The van der Waals surface area contributed by atoms with Crippen molar-refractivity contribution in [3.63, 3.8) is 0 Å². The van der Waals surface area contributed by atoms with Crippen molar-refractivity contribution in [1.29, 1.82) is 0 Å². The van der Waals surface area contributed by atoms with Gasteiger partial charge in [-0.1, -0.05) is 11.9 Å². The highest BCUT2D eigenvalue weighted by Crippen LogP contribution is 2.28. The molecule has 19 heavy (non-hydrogen) atoms. The molecule has 2 unspecified atom stereocenters. The third-order valence-corrected chi connectivity index (χ3v) is 3.24. The number of nitrogens with one attached hydrogen (secondary N) is 1. The van der Waals surface area contributed by atoms with Gasteiger partial charge in [-0.15, -0.1) is 0 Å². The standard InChI is InChI=1S/C10H15N3O5S/c1-19-12-6-2-3-13(10(17)11-6)9-8(16)7(15)5(4-14)18-9/h2-3,5,7-9,14-16H,4H2,1H3,(H,11,12,17)/t5-,7?,8?,9-/m1/s1. The number of aromatic nitrogens is 2. The molecule has 1 aromatic heterocycles. The molecule has 1 saturated heterocycles. The summed E-state index contributed by atoms with van der Waals surface area (Å²) < 4.78 is 9.13. The number of nitrogens with zero attached hydrogens (tertiary/aromatic N) is 2. The zero-order valence-electron chi connectivity index (χ0n) is 10.1. The largest absolute Gasteiger partial charge is 0.394 e. The number of ether oxygens (including phenoxy) is 1. The number of aliphatic hydroxyl groups excluding tert-OH is 3. The average Bonchev–Trinajstić information content (AvgIpc) is 2.67. The topological polar surface area (TPSA) is 117 Å². The first kappa shape index (κ1) is 14.3. The maximum atomic E-state index is 11.8. The van der Waals surface area contributed by atoms with Crippen LogP contribution in [-0.2, 0) is 4.74 Å². The van der Waals surface area contributed by atoms with Crippen LogP contribution >= 0.6 is 11.9 Å². The summed E-state index contributed by atoms with van der Waals surface area (Å²) in [5.74, 6) is 0.389. The summed E-state index contributed by atoms with van der Waals surface area (Å²) in [7, 11) is 0.